The van der Waals surface area contributed by atoms with E-state index in [0.717, 1.165) is 37.4 Å². The first-order chi connectivity index (χ1) is 13.6. The monoisotopic (exact) mass is 437 g/mol. The van der Waals surface area contributed by atoms with Crippen LogP contribution in [0.2, 0.25) is 5.02 Å². The fourth-order valence-corrected chi connectivity index (χ4v) is 3.97. The first kappa shape index (κ1) is 23.4. The summed E-state index contributed by atoms with van der Waals surface area (Å²) in [6.07, 6.45) is -0.816. The highest BCUT2D eigenvalue weighted by atomic mass is 35.5. The van der Waals surface area contributed by atoms with E-state index in [2.05, 4.69) is 15.9 Å². The average molecular weight is 438 g/mol. The lowest BCUT2D eigenvalue weighted by Crippen LogP contribution is -2.47. The molecule has 156 valence electrons. The molecule has 0 aliphatic carbocycles. The van der Waals surface area contributed by atoms with Crippen LogP contribution in [0.3, 0.4) is 0 Å². The van der Waals surface area contributed by atoms with Crippen molar-refractivity contribution in [3.05, 3.63) is 52.5 Å². The highest BCUT2D eigenvalue weighted by molar-refractivity contribution is 6.34. The number of alkyl halides is 1. The SMILES string of the molecule is CC[C@@H](F)c1cc(N2CCN(CCO)CC2)cc(-c2ccccc2C#N)c1Cl.Cl. The van der Waals surface area contributed by atoms with E-state index in [0.29, 0.717) is 34.7 Å². The topological polar surface area (TPSA) is 50.5 Å². The van der Waals surface area contributed by atoms with Gasteiger partial charge in [0.25, 0.3) is 0 Å². The number of nitriles is 1. The third-order valence-electron chi connectivity index (χ3n) is 5.27. The molecule has 1 atom stereocenters. The average Bonchev–Trinajstić information content (AvgIpc) is 2.74. The smallest absolute Gasteiger partial charge is 0.126 e. The molecule has 2 aromatic rings. The van der Waals surface area contributed by atoms with Crippen LogP contribution in [0.1, 0.15) is 30.6 Å². The van der Waals surface area contributed by atoms with E-state index in [4.69, 9.17) is 16.7 Å². The molecule has 1 aliphatic heterocycles. The number of hydrogen-bond donors (Lipinski definition) is 1. The molecule has 1 aliphatic rings. The number of rotatable bonds is 6. The minimum atomic E-state index is -1.16. The predicted octanol–water partition coefficient (Wildman–Crippen LogP) is 4.84. The summed E-state index contributed by atoms with van der Waals surface area (Å²) in [4.78, 5) is 4.43. The molecule has 1 saturated heterocycles. The Morgan fingerprint density at radius 3 is 2.48 bits per heavy atom. The van der Waals surface area contributed by atoms with Crippen LogP contribution < -0.4 is 4.90 Å². The van der Waals surface area contributed by atoms with Gasteiger partial charge in [0.1, 0.15) is 6.17 Å². The summed E-state index contributed by atoms with van der Waals surface area (Å²) in [5, 5.41) is 19.0. The van der Waals surface area contributed by atoms with Gasteiger partial charge in [-0.1, -0.05) is 36.7 Å². The minimum Gasteiger partial charge on any atom is -0.395 e. The van der Waals surface area contributed by atoms with Crippen LogP contribution in [0.15, 0.2) is 36.4 Å². The minimum absolute atomic E-state index is 0. The lowest BCUT2D eigenvalue weighted by Gasteiger charge is -2.36. The van der Waals surface area contributed by atoms with E-state index in [1.54, 1.807) is 13.0 Å². The quantitative estimate of drug-likeness (QED) is 0.702. The van der Waals surface area contributed by atoms with Crippen molar-refractivity contribution in [1.82, 2.24) is 4.90 Å². The Balaban J connectivity index is 0.00000300. The third-order valence-corrected chi connectivity index (χ3v) is 5.69. The lowest BCUT2D eigenvalue weighted by atomic mass is 9.95. The van der Waals surface area contributed by atoms with Gasteiger partial charge in [0.05, 0.1) is 23.3 Å². The molecule has 0 amide bonds. The number of nitrogens with zero attached hydrogens (tertiary/aromatic N) is 3. The number of aliphatic hydroxyl groups excluding tert-OH is 1. The normalized spacial score (nSPS) is 15.5. The van der Waals surface area contributed by atoms with Crippen LogP contribution in [0.25, 0.3) is 11.1 Å². The summed E-state index contributed by atoms with van der Waals surface area (Å²) in [5.41, 5.74) is 3.33. The standard InChI is InChI=1S/C22H25ClFN3O.ClH/c1-2-21(24)20-14-17(27-9-7-26(8-10-27)11-12-28)13-19(22(20)23)18-6-4-3-5-16(18)15-25;/h3-6,13-14,21,28H,2,7-12H2,1H3;1H/t21-;/m1./s1. The van der Waals surface area contributed by atoms with E-state index in [-0.39, 0.29) is 19.0 Å². The van der Waals surface area contributed by atoms with Crippen LogP contribution in [0.4, 0.5) is 10.1 Å². The second kappa shape index (κ2) is 10.8. The second-order valence-electron chi connectivity index (χ2n) is 6.98. The molecule has 2 aromatic carbocycles. The van der Waals surface area contributed by atoms with E-state index in [1.165, 1.54) is 0 Å². The molecule has 3 rings (SSSR count). The molecule has 0 bridgehead atoms. The molecular weight excluding hydrogens is 412 g/mol. The Morgan fingerprint density at radius 1 is 1.17 bits per heavy atom. The summed E-state index contributed by atoms with van der Waals surface area (Å²) in [5.74, 6) is 0. The van der Waals surface area contributed by atoms with Crippen molar-refractivity contribution in [2.75, 3.05) is 44.2 Å². The van der Waals surface area contributed by atoms with Gasteiger partial charge in [0.2, 0.25) is 0 Å². The van der Waals surface area contributed by atoms with Gasteiger partial charge in [-0.05, 0) is 24.6 Å². The van der Waals surface area contributed by atoms with Crippen molar-refractivity contribution in [3.8, 4) is 17.2 Å². The van der Waals surface area contributed by atoms with Crippen molar-refractivity contribution in [2.45, 2.75) is 19.5 Å². The number of aliphatic hydroxyl groups is 1. The molecule has 0 saturated carbocycles. The number of halogens is 3. The molecule has 4 nitrogen and oxygen atoms in total. The molecule has 0 spiro atoms. The van der Waals surface area contributed by atoms with Crippen molar-refractivity contribution < 1.29 is 9.50 Å². The van der Waals surface area contributed by atoms with Gasteiger partial charge < -0.3 is 10.0 Å². The number of hydrogen-bond acceptors (Lipinski definition) is 4. The lowest BCUT2D eigenvalue weighted by molar-refractivity contribution is 0.189. The predicted molar refractivity (Wildman–Crippen MR) is 119 cm³/mol. The van der Waals surface area contributed by atoms with E-state index in [9.17, 15) is 9.65 Å². The van der Waals surface area contributed by atoms with Gasteiger partial charge in [-0.3, -0.25) is 4.90 Å². The van der Waals surface area contributed by atoms with E-state index in [1.807, 2.05) is 30.3 Å². The number of anilines is 1. The van der Waals surface area contributed by atoms with Crippen molar-refractivity contribution in [3.63, 3.8) is 0 Å². The van der Waals surface area contributed by atoms with Gasteiger partial charge >= 0.3 is 0 Å². The van der Waals surface area contributed by atoms with Crippen LogP contribution >= 0.6 is 24.0 Å². The van der Waals surface area contributed by atoms with E-state index < -0.39 is 6.17 Å². The molecule has 1 N–H and O–H groups in total. The molecular formula is C22H26Cl2FN3O. The molecule has 0 radical (unpaired) electrons. The number of β-amino-alcohol motifs (C(OH)–C–C–N with tert-alkyl or cyclic N) is 1. The first-order valence-corrected chi connectivity index (χ1v) is 10.0. The number of piperazine rings is 1. The van der Waals surface area contributed by atoms with Crippen molar-refractivity contribution in [2.24, 2.45) is 0 Å². The van der Waals surface area contributed by atoms with Crippen LogP contribution in [-0.4, -0.2) is 49.3 Å². The zero-order valence-corrected chi connectivity index (χ0v) is 18.0. The van der Waals surface area contributed by atoms with Gasteiger partial charge in [-0.2, -0.15) is 5.26 Å². The van der Waals surface area contributed by atoms with Crippen molar-refractivity contribution >= 4 is 29.7 Å². The second-order valence-corrected chi connectivity index (χ2v) is 7.36. The molecule has 1 heterocycles. The molecule has 29 heavy (non-hydrogen) atoms. The fraction of sp³-hybridized carbons (Fsp3) is 0.409. The summed E-state index contributed by atoms with van der Waals surface area (Å²) in [6.45, 7) is 5.89. The van der Waals surface area contributed by atoms with Gasteiger partial charge in [-0.15, -0.1) is 12.4 Å². The summed E-state index contributed by atoms with van der Waals surface area (Å²) < 4.78 is 14.7. The fourth-order valence-electron chi connectivity index (χ4n) is 3.64. The zero-order chi connectivity index (χ0) is 20.1. The summed E-state index contributed by atoms with van der Waals surface area (Å²) >= 11 is 6.62. The summed E-state index contributed by atoms with van der Waals surface area (Å²) in [7, 11) is 0. The summed E-state index contributed by atoms with van der Waals surface area (Å²) in [6, 6.07) is 13.3. The Hall–Kier alpha value is -1.84. The maximum atomic E-state index is 14.7. The Kier molecular flexibility index (Phi) is 8.73. The highest BCUT2D eigenvalue weighted by Crippen LogP contribution is 2.40. The molecule has 0 unspecified atom stereocenters. The molecule has 7 heteroatoms. The van der Waals surface area contributed by atoms with Gasteiger partial charge in [0.15, 0.2) is 0 Å². The third kappa shape index (κ3) is 5.21. The molecule has 0 aromatic heterocycles. The first-order valence-electron chi connectivity index (χ1n) is 9.64. The highest BCUT2D eigenvalue weighted by Gasteiger charge is 2.23. The maximum absolute atomic E-state index is 14.7. The van der Waals surface area contributed by atoms with Gasteiger partial charge in [0, 0.05) is 55.1 Å². The van der Waals surface area contributed by atoms with Crippen LogP contribution in [-0.2, 0) is 0 Å². The largest absolute Gasteiger partial charge is 0.395 e. The van der Waals surface area contributed by atoms with E-state index >= 15 is 0 Å². The van der Waals surface area contributed by atoms with Gasteiger partial charge in [-0.25, -0.2) is 4.39 Å². The van der Waals surface area contributed by atoms with Crippen LogP contribution in [0, 0.1) is 11.3 Å². The molecule has 1 fully saturated rings. The van der Waals surface area contributed by atoms with Crippen molar-refractivity contribution in [1.29, 1.82) is 5.26 Å². The maximum Gasteiger partial charge on any atom is 0.126 e. The zero-order valence-electron chi connectivity index (χ0n) is 16.4. The Labute approximate surface area is 182 Å². The Bertz CT molecular complexity index is 864. The number of benzene rings is 2. The van der Waals surface area contributed by atoms with Crippen LogP contribution in [0.5, 0.6) is 0 Å². The Morgan fingerprint density at radius 2 is 1.86 bits per heavy atom.